The lowest BCUT2D eigenvalue weighted by Gasteiger charge is -2.03. The molecule has 0 unspecified atom stereocenters. The fourth-order valence-electron chi connectivity index (χ4n) is 2.03. The number of amides is 1. The molecule has 2 aromatic carbocycles. The molecule has 7 heteroatoms. The fourth-order valence-corrected chi connectivity index (χ4v) is 3.45. The van der Waals surface area contributed by atoms with E-state index in [1.165, 1.54) is 11.3 Å². The second-order valence-corrected chi connectivity index (χ2v) is 7.40. The van der Waals surface area contributed by atoms with Crippen molar-refractivity contribution in [3.63, 3.8) is 0 Å². The molecule has 0 atom stereocenters. The zero-order valence-electron chi connectivity index (χ0n) is 12.5. The molecular formula is C17H12Cl2N2OS2. The maximum atomic E-state index is 12.3. The Hall–Kier alpha value is -1.53. The van der Waals surface area contributed by atoms with E-state index in [9.17, 15) is 4.79 Å². The number of carbonyl (C=O) groups is 1. The van der Waals surface area contributed by atoms with Crippen molar-refractivity contribution in [1.82, 2.24) is 4.98 Å². The van der Waals surface area contributed by atoms with Gasteiger partial charge in [-0.25, -0.2) is 4.98 Å². The Kier molecular flexibility index (Phi) is 5.46. The summed E-state index contributed by atoms with van der Waals surface area (Å²) in [6.45, 7) is 0. The summed E-state index contributed by atoms with van der Waals surface area (Å²) in [5.74, 6) is -0.183. The molecule has 0 aliphatic rings. The lowest BCUT2D eigenvalue weighted by molar-refractivity contribution is 0.102. The smallest absolute Gasteiger partial charge is 0.257 e. The first-order valence-electron chi connectivity index (χ1n) is 6.93. The molecule has 1 heterocycles. The number of hydrogen-bond donors (Lipinski definition) is 1. The molecule has 1 N–H and O–H groups in total. The lowest BCUT2D eigenvalue weighted by Crippen LogP contribution is -2.11. The Morgan fingerprint density at radius 1 is 1.12 bits per heavy atom. The monoisotopic (exact) mass is 394 g/mol. The van der Waals surface area contributed by atoms with Crippen molar-refractivity contribution in [3.05, 3.63) is 63.5 Å². The van der Waals surface area contributed by atoms with Crippen LogP contribution in [0, 0.1) is 0 Å². The highest BCUT2D eigenvalue weighted by molar-refractivity contribution is 7.98. The summed E-state index contributed by atoms with van der Waals surface area (Å²) >= 11 is 15.0. The average molecular weight is 395 g/mol. The summed E-state index contributed by atoms with van der Waals surface area (Å²) in [5.41, 5.74) is 2.19. The van der Waals surface area contributed by atoms with Gasteiger partial charge >= 0.3 is 0 Å². The Morgan fingerprint density at radius 3 is 2.54 bits per heavy atom. The van der Waals surface area contributed by atoms with Crippen LogP contribution in [0.3, 0.4) is 0 Å². The molecule has 0 bridgehead atoms. The van der Waals surface area contributed by atoms with Crippen molar-refractivity contribution in [1.29, 1.82) is 0 Å². The minimum Gasteiger partial charge on any atom is -0.298 e. The molecule has 0 aliphatic heterocycles. The van der Waals surface area contributed by atoms with E-state index in [1.54, 1.807) is 36.0 Å². The van der Waals surface area contributed by atoms with E-state index in [0.29, 0.717) is 20.7 Å². The van der Waals surface area contributed by atoms with Gasteiger partial charge in [0.05, 0.1) is 15.7 Å². The van der Waals surface area contributed by atoms with Crippen molar-refractivity contribution in [2.75, 3.05) is 11.6 Å². The van der Waals surface area contributed by atoms with Crippen LogP contribution in [-0.4, -0.2) is 17.1 Å². The molecule has 0 fully saturated rings. The predicted octanol–water partition coefficient (Wildman–Crippen LogP) is 6.09. The number of hydrogen-bond acceptors (Lipinski definition) is 4. The quantitative estimate of drug-likeness (QED) is 0.544. The van der Waals surface area contributed by atoms with Crippen LogP contribution in [0.1, 0.15) is 10.4 Å². The van der Waals surface area contributed by atoms with Crippen LogP contribution in [0.15, 0.2) is 52.7 Å². The second kappa shape index (κ2) is 7.57. The lowest BCUT2D eigenvalue weighted by atomic mass is 10.2. The molecule has 1 aromatic heterocycles. The third-order valence-corrected chi connectivity index (χ3v) is 5.53. The normalized spacial score (nSPS) is 10.6. The van der Waals surface area contributed by atoms with Gasteiger partial charge in [0, 0.05) is 21.4 Å². The zero-order chi connectivity index (χ0) is 17.1. The van der Waals surface area contributed by atoms with Gasteiger partial charge in [-0.15, -0.1) is 23.1 Å². The Bertz CT molecular complexity index is 879. The van der Waals surface area contributed by atoms with Gasteiger partial charge in [-0.05, 0) is 42.7 Å². The number of nitrogens with zero attached hydrogens (tertiary/aromatic N) is 1. The molecule has 0 aliphatic carbocycles. The summed E-state index contributed by atoms with van der Waals surface area (Å²) in [7, 11) is 0. The fraction of sp³-hybridized carbons (Fsp3) is 0.0588. The van der Waals surface area contributed by atoms with E-state index >= 15 is 0 Å². The molecule has 3 aromatic rings. The van der Waals surface area contributed by atoms with Gasteiger partial charge in [0.25, 0.3) is 5.91 Å². The number of benzene rings is 2. The van der Waals surface area contributed by atoms with E-state index in [-0.39, 0.29) is 5.91 Å². The zero-order valence-corrected chi connectivity index (χ0v) is 15.7. The Labute approximate surface area is 158 Å². The van der Waals surface area contributed by atoms with Crippen molar-refractivity contribution in [2.24, 2.45) is 0 Å². The molecule has 122 valence electrons. The van der Waals surface area contributed by atoms with Gasteiger partial charge in [-0.3, -0.25) is 10.1 Å². The first-order valence-corrected chi connectivity index (χ1v) is 9.79. The van der Waals surface area contributed by atoms with Crippen LogP contribution in [0.4, 0.5) is 5.13 Å². The molecule has 0 saturated heterocycles. The SMILES string of the molecule is CSc1ccc(C(=O)Nc2nc(-c3ccc(Cl)c(Cl)c3)cs2)cc1. The summed E-state index contributed by atoms with van der Waals surface area (Å²) in [6, 6.07) is 12.8. The van der Waals surface area contributed by atoms with Gasteiger partial charge in [0.15, 0.2) is 5.13 Å². The van der Waals surface area contributed by atoms with E-state index in [1.807, 2.05) is 29.8 Å². The number of halogens is 2. The van der Waals surface area contributed by atoms with Crippen molar-refractivity contribution in [3.8, 4) is 11.3 Å². The van der Waals surface area contributed by atoms with Crippen LogP contribution in [0.2, 0.25) is 10.0 Å². The molecular weight excluding hydrogens is 383 g/mol. The standard InChI is InChI=1S/C17H12Cl2N2OS2/c1-23-12-5-2-10(3-6-12)16(22)21-17-20-15(9-24-17)11-4-7-13(18)14(19)8-11/h2-9H,1H3,(H,20,21,22). The Morgan fingerprint density at radius 2 is 1.88 bits per heavy atom. The first kappa shape index (κ1) is 17.3. The van der Waals surface area contributed by atoms with Crippen LogP contribution in [0.25, 0.3) is 11.3 Å². The van der Waals surface area contributed by atoms with E-state index in [0.717, 1.165) is 16.2 Å². The van der Waals surface area contributed by atoms with Gasteiger partial charge in [-0.1, -0.05) is 29.3 Å². The number of anilines is 1. The van der Waals surface area contributed by atoms with Crippen molar-refractivity contribution >= 4 is 57.3 Å². The van der Waals surface area contributed by atoms with Crippen molar-refractivity contribution < 1.29 is 4.79 Å². The number of aromatic nitrogens is 1. The maximum absolute atomic E-state index is 12.3. The molecule has 0 spiro atoms. The van der Waals surface area contributed by atoms with E-state index in [2.05, 4.69) is 10.3 Å². The van der Waals surface area contributed by atoms with E-state index in [4.69, 9.17) is 23.2 Å². The number of rotatable bonds is 4. The topological polar surface area (TPSA) is 42.0 Å². The molecule has 0 radical (unpaired) electrons. The summed E-state index contributed by atoms with van der Waals surface area (Å²) in [4.78, 5) is 17.8. The molecule has 1 amide bonds. The first-order chi connectivity index (χ1) is 11.6. The van der Waals surface area contributed by atoms with Gasteiger partial charge in [0.2, 0.25) is 0 Å². The third-order valence-electron chi connectivity index (χ3n) is 3.29. The number of thiazole rings is 1. The summed E-state index contributed by atoms with van der Waals surface area (Å²) in [6.07, 6.45) is 2.00. The van der Waals surface area contributed by atoms with Gasteiger partial charge < -0.3 is 0 Å². The molecule has 0 saturated carbocycles. The summed E-state index contributed by atoms with van der Waals surface area (Å²) in [5, 5.41) is 6.19. The van der Waals surface area contributed by atoms with Crippen LogP contribution in [-0.2, 0) is 0 Å². The minimum absolute atomic E-state index is 0.183. The minimum atomic E-state index is -0.183. The number of nitrogens with one attached hydrogen (secondary N) is 1. The Balaban J connectivity index is 1.75. The second-order valence-electron chi connectivity index (χ2n) is 4.85. The summed E-state index contributed by atoms with van der Waals surface area (Å²) < 4.78 is 0. The number of thioether (sulfide) groups is 1. The van der Waals surface area contributed by atoms with Crippen LogP contribution in [0.5, 0.6) is 0 Å². The highest BCUT2D eigenvalue weighted by Crippen LogP contribution is 2.30. The largest absolute Gasteiger partial charge is 0.298 e. The average Bonchev–Trinajstić information content (AvgIpc) is 3.06. The van der Waals surface area contributed by atoms with Crippen molar-refractivity contribution in [2.45, 2.75) is 4.90 Å². The number of carbonyl (C=O) groups excluding carboxylic acids is 1. The van der Waals surface area contributed by atoms with Crippen LogP contribution < -0.4 is 5.32 Å². The highest BCUT2D eigenvalue weighted by Gasteiger charge is 2.11. The third kappa shape index (κ3) is 3.92. The molecule has 3 nitrogen and oxygen atoms in total. The highest BCUT2D eigenvalue weighted by atomic mass is 35.5. The van der Waals surface area contributed by atoms with Crippen LogP contribution >= 0.6 is 46.3 Å². The van der Waals surface area contributed by atoms with E-state index < -0.39 is 0 Å². The van der Waals surface area contributed by atoms with Gasteiger partial charge in [-0.2, -0.15) is 0 Å². The van der Waals surface area contributed by atoms with Gasteiger partial charge in [0.1, 0.15) is 0 Å². The predicted molar refractivity (Wildman–Crippen MR) is 104 cm³/mol. The molecule has 24 heavy (non-hydrogen) atoms. The molecule has 3 rings (SSSR count). The maximum Gasteiger partial charge on any atom is 0.257 e.